The van der Waals surface area contributed by atoms with E-state index in [0.29, 0.717) is 0 Å². The first-order chi connectivity index (χ1) is 29.5. The van der Waals surface area contributed by atoms with Gasteiger partial charge in [0.05, 0.1) is 0 Å². The molecule has 12 rings (SSSR count). The first-order valence-corrected chi connectivity index (χ1v) is 20.7. The van der Waals surface area contributed by atoms with Crippen molar-refractivity contribution in [3.8, 4) is 44.5 Å². The zero-order chi connectivity index (χ0) is 40.0. The highest BCUT2D eigenvalue weighted by molar-refractivity contribution is 6.10. The second kappa shape index (κ2) is 13.2. The highest BCUT2D eigenvalue weighted by Crippen LogP contribution is 2.50. The van der Waals surface area contributed by atoms with E-state index in [1.54, 1.807) is 0 Å². The number of hydrogen-bond acceptors (Lipinski definition) is 3. The van der Waals surface area contributed by atoms with E-state index >= 15 is 0 Å². The van der Waals surface area contributed by atoms with Crippen LogP contribution in [-0.4, -0.2) is 0 Å². The second-order valence-electron chi connectivity index (χ2n) is 16.5. The normalized spacial score (nSPS) is 13.0. The molecule has 0 N–H and O–H groups in total. The molecule has 1 aliphatic carbocycles. The summed E-state index contributed by atoms with van der Waals surface area (Å²) in [5.41, 5.74) is 19.0. The van der Waals surface area contributed by atoms with Crippen molar-refractivity contribution in [3.05, 3.63) is 211 Å². The number of hydrogen-bond donors (Lipinski definition) is 0. The Hall–Kier alpha value is -7.62. The summed E-state index contributed by atoms with van der Waals surface area (Å²) in [7, 11) is 0. The maximum atomic E-state index is 6.44. The van der Waals surface area contributed by atoms with Gasteiger partial charge in [-0.15, -0.1) is 0 Å². The Morgan fingerprint density at radius 1 is 0.333 bits per heavy atom. The number of rotatable bonds is 6. The van der Waals surface area contributed by atoms with Gasteiger partial charge >= 0.3 is 0 Å². The van der Waals surface area contributed by atoms with Crippen molar-refractivity contribution in [2.45, 2.75) is 19.3 Å². The van der Waals surface area contributed by atoms with Gasteiger partial charge in [0.1, 0.15) is 22.3 Å². The fourth-order valence-electron chi connectivity index (χ4n) is 9.64. The highest BCUT2D eigenvalue weighted by Gasteiger charge is 2.35. The number of anilines is 3. The zero-order valence-corrected chi connectivity index (χ0v) is 33.3. The van der Waals surface area contributed by atoms with Crippen LogP contribution in [0.25, 0.3) is 88.4 Å². The Bertz CT molecular complexity index is 3460. The van der Waals surface area contributed by atoms with Crippen molar-refractivity contribution in [1.29, 1.82) is 0 Å². The molecule has 2 heterocycles. The molecule has 0 unspecified atom stereocenters. The molecule has 2 aromatic heterocycles. The largest absolute Gasteiger partial charge is 0.456 e. The quantitative estimate of drug-likeness (QED) is 0.169. The van der Waals surface area contributed by atoms with E-state index in [2.05, 4.69) is 195 Å². The van der Waals surface area contributed by atoms with Gasteiger partial charge in [-0.25, -0.2) is 0 Å². The van der Waals surface area contributed by atoms with Crippen molar-refractivity contribution >= 4 is 60.9 Å². The van der Waals surface area contributed by atoms with Crippen molar-refractivity contribution in [2.75, 3.05) is 4.90 Å². The molecule has 0 saturated heterocycles. The Morgan fingerprint density at radius 2 is 0.883 bits per heavy atom. The molecule has 0 saturated carbocycles. The third-order valence-electron chi connectivity index (χ3n) is 12.7. The van der Waals surface area contributed by atoms with Crippen LogP contribution in [0, 0.1) is 0 Å². The minimum absolute atomic E-state index is 0.0326. The molecule has 1 aliphatic rings. The summed E-state index contributed by atoms with van der Waals surface area (Å²) in [6.45, 7) is 4.67. The van der Waals surface area contributed by atoms with Gasteiger partial charge in [-0.3, -0.25) is 0 Å². The minimum atomic E-state index is -0.0326. The van der Waals surface area contributed by atoms with Crippen molar-refractivity contribution in [2.24, 2.45) is 0 Å². The molecule has 3 heteroatoms. The lowest BCUT2D eigenvalue weighted by atomic mass is 9.82. The zero-order valence-electron chi connectivity index (χ0n) is 33.3. The van der Waals surface area contributed by atoms with Gasteiger partial charge in [0.2, 0.25) is 0 Å². The van der Waals surface area contributed by atoms with Crippen LogP contribution in [0.15, 0.2) is 209 Å². The molecule has 11 aromatic rings. The third-order valence-corrected chi connectivity index (χ3v) is 12.7. The number of para-hydroxylation sites is 3. The lowest BCUT2D eigenvalue weighted by molar-refractivity contribution is 0.660. The molecule has 60 heavy (non-hydrogen) atoms. The van der Waals surface area contributed by atoms with Crippen LogP contribution in [0.4, 0.5) is 17.1 Å². The van der Waals surface area contributed by atoms with E-state index in [1.165, 1.54) is 33.4 Å². The topological polar surface area (TPSA) is 29.5 Å². The van der Waals surface area contributed by atoms with E-state index in [4.69, 9.17) is 8.83 Å². The Morgan fingerprint density at radius 3 is 1.68 bits per heavy atom. The van der Waals surface area contributed by atoms with Crippen LogP contribution in [0.2, 0.25) is 0 Å². The summed E-state index contributed by atoms with van der Waals surface area (Å²) in [6.07, 6.45) is 0. The van der Waals surface area contributed by atoms with E-state index in [-0.39, 0.29) is 5.41 Å². The Labute approximate surface area is 348 Å². The van der Waals surface area contributed by atoms with Gasteiger partial charge in [0.15, 0.2) is 0 Å². The molecular weight excluding hydrogens is 731 g/mol. The van der Waals surface area contributed by atoms with Crippen LogP contribution in [0.5, 0.6) is 0 Å². The standard InChI is InChI=1S/C57H39NO2/c1-57(2)51-18-6-3-13-45(51)50-34-39(26-32-52(50)57)38-11-9-12-43(33-38)58(41-27-21-36(22-28-41)40-25-31-48-46-14-4-7-19-53(46)59-55(48)35-40)42-29-23-37(24-30-42)44-16-10-17-49-47-15-5-8-20-54(47)60-56(44)49/h3-35H,1-2H3. The Balaban J connectivity index is 0.953. The molecule has 0 amide bonds. The first kappa shape index (κ1) is 34.4. The van der Waals surface area contributed by atoms with Crippen LogP contribution < -0.4 is 4.90 Å². The number of furan rings is 2. The number of benzene rings is 9. The average molecular weight is 770 g/mol. The molecule has 0 radical (unpaired) electrons. The fraction of sp³-hybridized carbons (Fsp3) is 0.0526. The van der Waals surface area contributed by atoms with Gasteiger partial charge in [-0.05, 0) is 117 Å². The first-order valence-electron chi connectivity index (χ1n) is 20.7. The molecule has 0 bridgehead atoms. The van der Waals surface area contributed by atoms with Crippen molar-refractivity contribution in [1.82, 2.24) is 0 Å². The van der Waals surface area contributed by atoms with E-state index in [0.717, 1.165) is 83.2 Å². The van der Waals surface area contributed by atoms with Crippen LogP contribution in [-0.2, 0) is 5.41 Å². The third kappa shape index (κ3) is 5.36. The second-order valence-corrected chi connectivity index (χ2v) is 16.5. The van der Waals surface area contributed by atoms with E-state index in [9.17, 15) is 0 Å². The van der Waals surface area contributed by atoms with Crippen LogP contribution in [0.1, 0.15) is 25.0 Å². The Kier molecular flexibility index (Phi) is 7.58. The summed E-state index contributed by atoms with van der Waals surface area (Å²) in [5, 5.41) is 4.53. The molecule has 0 fully saturated rings. The predicted molar refractivity (Wildman–Crippen MR) is 250 cm³/mol. The average Bonchev–Trinajstić information content (AvgIpc) is 3.94. The SMILES string of the molecule is CC1(C)c2ccccc2-c2cc(-c3cccc(N(c4ccc(-c5ccc6c(c5)oc5ccccc56)cc4)c4ccc(-c5cccc6c5oc5ccccc56)cc4)c3)ccc21. The molecule has 3 nitrogen and oxygen atoms in total. The predicted octanol–water partition coefficient (Wildman–Crippen LogP) is 16.3. The summed E-state index contributed by atoms with van der Waals surface area (Å²) < 4.78 is 12.7. The van der Waals surface area contributed by atoms with E-state index < -0.39 is 0 Å². The van der Waals surface area contributed by atoms with Gasteiger partial charge < -0.3 is 13.7 Å². The maximum absolute atomic E-state index is 6.44. The lowest BCUT2D eigenvalue weighted by Crippen LogP contribution is -2.14. The smallest absolute Gasteiger partial charge is 0.143 e. The lowest BCUT2D eigenvalue weighted by Gasteiger charge is -2.26. The highest BCUT2D eigenvalue weighted by atomic mass is 16.3. The van der Waals surface area contributed by atoms with Crippen molar-refractivity contribution < 1.29 is 8.83 Å². The molecule has 0 atom stereocenters. The summed E-state index contributed by atoms with van der Waals surface area (Å²) in [4.78, 5) is 2.35. The molecule has 284 valence electrons. The van der Waals surface area contributed by atoms with Gasteiger partial charge in [-0.1, -0.05) is 147 Å². The minimum Gasteiger partial charge on any atom is -0.456 e. The fourth-order valence-corrected chi connectivity index (χ4v) is 9.64. The van der Waals surface area contributed by atoms with Crippen molar-refractivity contribution in [3.63, 3.8) is 0 Å². The molecule has 0 spiro atoms. The molecule has 9 aromatic carbocycles. The summed E-state index contributed by atoms with van der Waals surface area (Å²) in [6, 6.07) is 72.0. The van der Waals surface area contributed by atoms with Gasteiger partial charge in [0, 0.05) is 49.6 Å². The van der Waals surface area contributed by atoms with E-state index in [1.807, 2.05) is 24.3 Å². The summed E-state index contributed by atoms with van der Waals surface area (Å²) >= 11 is 0. The monoisotopic (exact) mass is 769 g/mol. The summed E-state index contributed by atoms with van der Waals surface area (Å²) in [5.74, 6) is 0. The van der Waals surface area contributed by atoms with Gasteiger partial charge in [0.25, 0.3) is 0 Å². The maximum Gasteiger partial charge on any atom is 0.143 e. The number of nitrogens with zero attached hydrogens (tertiary/aromatic N) is 1. The van der Waals surface area contributed by atoms with Gasteiger partial charge in [-0.2, -0.15) is 0 Å². The molecular formula is C57H39NO2. The van der Waals surface area contributed by atoms with Crippen LogP contribution in [0.3, 0.4) is 0 Å². The molecule has 0 aliphatic heterocycles. The number of fused-ring (bicyclic) bond motifs is 9. The van der Waals surface area contributed by atoms with Crippen LogP contribution >= 0.6 is 0 Å².